The van der Waals surface area contributed by atoms with Crippen molar-refractivity contribution in [2.75, 3.05) is 13.1 Å². The van der Waals surface area contributed by atoms with Gasteiger partial charge in [-0.25, -0.2) is 9.97 Å². The molecule has 1 aliphatic heterocycles. The van der Waals surface area contributed by atoms with Crippen molar-refractivity contribution in [1.82, 2.24) is 20.2 Å². The van der Waals surface area contributed by atoms with Gasteiger partial charge in [0.1, 0.15) is 5.82 Å². The molecule has 23 heavy (non-hydrogen) atoms. The molecule has 1 saturated carbocycles. The van der Waals surface area contributed by atoms with Gasteiger partial charge in [0.15, 0.2) is 0 Å². The van der Waals surface area contributed by atoms with E-state index in [4.69, 9.17) is 0 Å². The van der Waals surface area contributed by atoms with E-state index in [1.165, 1.54) is 12.8 Å². The zero-order chi connectivity index (χ0) is 16.4. The third-order valence-corrected chi connectivity index (χ3v) is 5.36. The first kappa shape index (κ1) is 16.4. The van der Waals surface area contributed by atoms with E-state index in [0.717, 1.165) is 43.9 Å². The molecule has 2 heterocycles. The fourth-order valence-corrected chi connectivity index (χ4v) is 4.30. The minimum Gasteiger partial charge on any atom is -0.354 e. The van der Waals surface area contributed by atoms with Crippen LogP contribution in [-0.2, 0) is 11.3 Å². The molecule has 0 aromatic carbocycles. The van der Waals surface area contributed by atoms with E-state index in [1.807, 2.05) is 33.2 Å². The Morgan fingerprint density at radius 1 is 1.39 bits per heavy atom. The van der Waals surface area contributed by atoms with Crippen LogP contribution >= 0.6 is 0 Å². The Kier molecular flexibility index (Phi) is 4.67. The van der Waals surface area contributed by atoms with E-state index in [1.54, 1.807) is 0 Å². The Morgan fingerprint density at radius 2 is 2.13 bits per heavy atom. The molecule has 5 heteroatoms. The molecule has 1 saturated heterocycles. The van der Waals surface area contributed by atoms with Gasteiger partial charge >= 0.3 is 0 Å². The molecule has 2 aliphatic rings. The maximum atomic E-state index is 12.6. The quantitative estimate of drug-likeness (QED) is 0.926. The first-order valence-corrected chi connectivity index (χ1v) is 8.79. The molecule has 0 radical (unpaired) electrons. The Hall–Kier alpha value is -1.49. The Bertz CT molecular complexity index is 557. The van der Waals surface area contributed by atoms with E-state index >= 15 is 0 Å². The lowest BCUT2D eigenvalue weighted by Gasteiger charge is -2.31. The van der Waals surface area contributed by atoms with Crippen LogP contribution in [0.2, 0.25) is 0 Å². The molecule has 126 valence electrons. The van der Waals surface area contributed by atoms with Crippen LogP contribution in [0, 0.1) is 18.3 Å². The highest BCUT2D eigenvalue weighted by Crippen LogP contribution is 2.50. The van der Waals surface area contributed by atoms with Crippen molar-refractivity contribution in [3.05, 3.63) is 23.8 Å². The average Bonchev–Trinajstić information content (AvgIpc) is 3.08. The van der Waals surface area contributed by atoms with E-state index in [2.05, 4.69) is 20.2 Å². The van der Waals surface area contributed by atoms with E-state index < -0.39 is 0 Å². The normalized spacial score (nSPS) is 27.9. The molecular weight excluding hydrogens is 288 g/mol. The van der Waals surface area contributed by atoms with Crippen LogP contribution in [-0.4, -0.2) is 39.9 Å². The standard InChI is InChI=1S/C18H28N4O/c1-13(2)21-17(23)16-5-4-6-18(16)7-8-22(12-18)11-15-9-19-14(3)20-10-15/h9-10,13,16H,4-8,11-12H2,1-3H3,(H,21,23)/t16-,18+/m1/s1. The minimum atomic E-state index is 0.184. The first-order valence-electron chi connectivity index (χ1n) is 8.79. The van der Waals surface area contributed by atoms with Gasteiger partial charge in [-0.2, -0.15) is 0 Å². The number of rotatable bonds is 4. The van der Waals surface area contributed by atoms with Gasteiger partial charge in [0.2, 0.25) is 5.91 Å². The SMILES string of the molecule is Cc1ncc(CN2CC[C@@]3(CCC[C@@H]3C(=O)NC(C)C)C2)cn1. The number of aromatic nitrogens is 2. The number of hydrogen-bond donors (Lipinski definition) is 1. The summed E-state index contributed by atoms with van der Waals surface area (Å²) in [6.45, 7) is 8.97. The molecule has 1 aromatic heterocycles. The summed E-state index contributed by atoms with van der Waals surface area (Å²) >= 11 is 0. The van der Waals surface area contributed by atoms with Gasteiger partial charge in [0, 0.05) is 43.0 Å². The number of amides is 1. The maximum Gasteiger partial charge on any atom is 0.223 e. The summed E-state index contributed by atoms with van der Waals surface area (Å²) in [4.78, 5) is 23.6. The fraction of sp³-hybridized carbons (Fsp3) is 0.722. The van der Waals surface area contributed by atoms with Crippen LogP contribution in [0.1, 0.15) is 50.9 Å². The van der Waals surface area contributed by atoms with Gasteiger partial charge in [0.05, 0.1) is 0 Å². The number of hydrogen-bond acceptors (Lipinski definition) is 4. The molecule has 1 aromatic rings. The highest BCUT2D eigenvalue weighted by Gasteiger charge is 2.50. The van der Waals surface area contributed by atoms with Gasteiger partial charge in [-0.3, -0.25) is 9.69 Å². The second-order valence-electron chi connectivity index (χ2n) is 7.57. The summed E-state index contributed by atoms with van der Waals surface area (Å²) < 4.78 is 0. The van der Waals surface area contributed by atoms with Crippen LogP contribution < -0.4 is 5.32 Å². The van der Waals surface area contributed by atoms with E-state index in [-0.39, 0.29) is 23.3 Å². The summed E-state index contributed by atoms with van der Waals surface area (Å²) in [6.07, 6.45) is 8.38. The molecule has 5 nitrogen and oxygen atoms in total. The van der Waals surface area contributed by atoms with Crippen molar-refractivity contribution in [3.63, 3.8) is 0 Å². The van der Waals surface area contributed by atoms with Gasteiger partial charge in [-0.15, -0.1) is 0 Å². The van der Waals surface area contributed by atoms with Crippen molar-refractivity contribution in [3.8, 4) is 0 Å². The van der Waals surface area contributed by atoms with Gasteiger partial charge in [-0.05, 0) is 52.0 Å². The largest absolute Gasteiger partial charge is 0.354 e. The minimum absolute atomic E-state index is 0.184. The lowest BCUT2D eigenvalue weighted by Crippen LogP contribution is -2.42. The highest BCUT2D eigenvalue weighted by atomic mass is 16.2. The van der Waals surface area contributed by atoms with E-state index in [9.17, 15) is 4.79 Å². The number of carbonyl (C=O) groups excluding carboxylic acids is 1. The van der Waals surface area contributed by atoms with Gasteiger partial charge in [-0.1, -0.05) is 6.42 Å². The summed E-state index contributed by atoms with van der Waals surface area (Å²) in [6, 6.07) is 0.224. The predicted octanol–water partition coefficient (Wildman–Crippen LogP) is 2.30. The van der Waals surface area contributed by atoms with Crippen LogP contribution in [0.25, 0.3) is 0 Å². The monoisotopic (exact) mass is 316 g/mol. The third kappa shape index (κ3) is 3.55. The zero-order valence-corrected chi connectivity index (χ0v) is 14.5. The molecule has 2 fully saturated rings. The van der Waals surface area contributed by atoms with Crippen LogP contribution in [0.15, 0.2) is 12.4 Å². The number of carbonyl (C=O) groups is 1. The number of likely N-dealkylation sites (tertiary alicyclic amines) is 1. The van der Waals surface area contributed by atoms with Crippen molar-refractivity contribution < 1.29 is 4.79 Å². The smallest absolute Gasteiger partial charge is 0.223 e. The summed E-state index contributed by atoms with van der Waals surface area (Å²) in [5.41, 5.74) is 1.35. The molecule has 3 rings (SSSR count). The molecule has 1 spiro atoms. The third-order valence-electron chi connectivity index (χ3n) is 5.36. The fourth-order valence-electron chi connectivity index (χ4n) is 4.30. The molecule has 1 N–H and O–H groups in total. The summed E-state index contributed by atoms with van der Waals surface area (Å²) in [5, 5.41) is 3.13. The van der Waals surface area contributed by atoms with E-state index in [0.29, 0.717) is 0 Å². The lowest BCUT2D eigenvalue weighted by molar-refractivity contribution is -0.128. The highest BCUT2D eigenvalue weighted by molar-refractivity contribution is 5.80. The van der Waals surface area contributed by atoms with Crippen LogP contribution in [0.5, 0.6) is 0 Å². The zero-order valence-electron chi connectivity index (χ0n) is 14.5. The number of nitrogens with zero attached hydrogens (tertiary/aromatic N) is 3. The molecule has 2 atom stereocenters. The van der Waals surface area contributed by atoms with Crippen LogP contribution in [0.3, 0.4) is 0 Å². The van der Waals surface area contributed by atoms with Crippen molar-refractivity contribution in [2.24, 2.45) is 11.3 Å². The van der Waals surface area contributed by atoms with Crippen LogP contribution in [0.4, 0.5) is 0 Å². The molecular formula is C18H28N4O. The Balaban J connectivity index is 1.65. The molecule has 0 bridgehead atoms. The molecule has 1 aliphatic carbocycles. The molecule has 1 amide bonds. The maximum absolute atomic E-state index is 12.6. The summed E-state index contributed by atoms with van der Waals surface area (Å²) in [5.74, 6) is 1.26. The molecule has 0 unspecified atom stereocenters. The Morgan fingerprint density at radius 3 is 2.83 bits per heavy atom. The lowest BCUT2D eigenvalue weighted by atomic mass is 9.76. The van der Waals surface area contributed by atoms with Gasteiger partial charge < -0.3 is 5.32 Å². The second kappa shape index (κ2) is 6.56. The number of nitrogens with one attached hydrogen (secondary N) is 1. The van der Waals surface area contributed by atoms with Crippen molar-refractivity contribution in [2.45, 2.75) is 59.0 Å². The van der Waals surface area contributed by atoms with Crippen molar-refractivity contribution in [1.29, 1.82) is 0 Å². The predicted molar refractivity (Wildman–Crippen MR) is 89.7 cm³/mol. The first-order chi connectivity index (χ1) is 11.0. The Labute approximate surface area is 138 Å². The van der Waals surface area contributed by atoms with Gasteiger partial charge in [0.25, 0.3) is 0 Å². The number of aryl methyl sites for hydroxylation is 1. The van der Waals surface area contributed by atoms with Crippen molar-refractivity contribution >= 4 is 5.91 Å². The second-order valence-corrected chi connectivity index (χ2v) is 7.57. The summed E-state index contributed by atoms with van der Waals surface area (Å²) in [7, 11) is 0. The average molecular weight is 316 g/mol. The topological polar surface area (TPSA) is 58.1 Å².